The first-order valence-electron chi connectivity index (χ1n) is 3.86. The van der Waals surface area contributed by atoms with Crippen LogP contribution < -0.4 is 5.69 Å². The van der Waals surface area contributed by atoms with E-state index in [4.69, 9.17) is 0 Å². The molecular formula is C8H9N3OS. The summed E-state index contributed by atoms with van der Waals surface area (Å²) in [4.78, 5) is 13.3. The molecule has 2 heterocycles. The largest absolute Gasteiger partial charge is 0.343 e. The van der Waals surface area contributed by atoms with E-state index in [1.54, 1.807) is 18.4 Å². The van der Waals surface area contributed by atoms with Gasteiger partial charge >= 0.3 is 5.69 Å². The van der Waals surface area contributed by atoms with Gasteiger partial charge in [0.2, 0.25) is 0 Å². The lowest BCUT2D eigenvalue weighted by Gasteiger charge is -1.92. The SMILES string of the molecule is Cc1ccc(-c2n[nH]c(=O)n2C)s1. The quantitative estimate of drug-likeness (QED) is 0.742. The molecular weight excluding hydrogens is 186 g/mol. The minimum absolute atomic E-state index is 0.180. The predicted octanol–water partition coefficient (Wildman–Crippen LogP) is 1.15. The average Bonchev–Trinajstić information content (AvgIpc) is 2.62. The van der Waals surface area contributed by atoms with Gasteiger partial charge in [-0.2, -0.15) is 5.10 Å². The lowest BCUT2D eigenvalue weighted by molar-refractivity contribution is 0.871. The van der Waals surface area contributed by atoms with E-state index in [1.165, 1.54) is 9.44 Å². The van der Waals surface area contributed by atoms with Gasteiger partial charge in [0.1, 0.15) is 0 Å². The summed E-state index contributed by atoms with van der Waals surface area (Å²) in [5.74, 6) is 0.697. The molecule has 0 aromatic carbocycles. The monoisotopic (exact) mass is 195 g/mol. The van der Waals surface area contributed by atoms with Gasteiger partial charge in [0.15, 0.2) is 5.82 Å². The topological polar surface area (TPSA) is 50.7 Å². The molecule has 4 nitrogen and oxygen atoms in total. The van der Waals surface area contributed by atoms with Crippen molar-refractivity contribution in [3.63, 3.8) is 0 Å². The number of aryl methyl sites for hydroxylation is 1. The normalized spacial score (nSPS) is 10.6. The lowest BCUT2D eigenvalue weighted by atomic mass is 10.4. The Hall–Kier alpha value is -1.36. The molecule has 0 aliphatic heterocycles. The van der Waals surface area contributed by atoms with Crippen molar-refractivity contribution in [1.29, 1.82) is 0 Å². The second-order valence-electron chi connectivity index (χ2n) is 2.82. The van der Waals surface area contributed by atoms with E-state index in [9.17, 15) is 4.79 Å². The van der Waals surface area contributed by atoms with E-state index >= 15 is 0 Å². The van der Waals surface area contributed by atoms with Gasteiger partial charge < -0.3 is 0 Å². The Morgan fingerprint density at radius 3 is 2.77 bits per heavy atom. The first-order valence-corrected chi connectivity index (χ1v) is 4.68. The van der Waals surface area contributed by atoms with Crippen molar-refractivity contribution in [1.82, 2.24) is 14.8 Å². The van der Waals surface area contributed by atoms with Crippen LogP contribution in [0, 0.1) is 6.92 Å². The summed E-state index contributed by atoms with van der Waals surface area (Å²) in [6.45, 7) is 2.03. The highest BCUT2D eigenvalue weighted by molar-refractivity contribution is 7.15. The number of H-pyrrole nitrogens is 1. The van der Waals surface area contributed by atoms with Crippen LogP contribution in [0.1, 0.15) is 4.88 Å². The zero-order chi connectivity index (χ0) is 9.42. The third-order valence-corrected chi connectivity index (χ3v) is 2.84. The van der Waals surface area contributed by atoms with E-state index in [-0.39, 0.29) is 5.69 Å². The van der Waals surface area contributed by atoms with Crippen molar-refractivity contribution < 1.29 is 0 Å². The van der Waals surface area contributed by atoms with Crippen LogP contribution in [-0.2, 0) is 7.05 Å². The molecule has 0 fully saturated rings. The van der Waals surface area contributed by atoms with Crippen LogP contribution in [0.3, 0.4) is 0 Å². The van der Waals surface area contributed by atoms with E-state index < -0.39 is 0 Å². The van der Waals surface area contributed by atoms with E-state index in [0.29, 0.717) is 5.82 Å². The second-order valence-corrected chi connectivity index (χ2v) is 4.11. The van der Waals surface area contributed by atoms with Crippen LogP contribution in [-0.4, -0.2) is 14.8 Å². The van der Waals surface area contributed by atoms with Gasteiger partial charge in [-0.25, -0.2) is 9.89 Å². The maximum absolute atomic E-state index is 11.1. The molecule has 2 aromatic rings. The summed E-state index contributed by atoms with van der Waals surface area (Å²) >= 11 is 1.63. The van der Waals surface area contributed by atoms with Crippen LogP contribution in [0.4, 0.5) is 0 Å². The molecule has 0 spiro atoms. The van der Waals surface area contributed by atoms with Crippen molar-refractivity contribution in [2.24, 2.45) is 7.05 Å². The maximum Gasteiger partial charge on any atom is 0.343 e. The Morgan fingerprint density at radius 2 is 2.31 bits per heavy atom. The number of nitrogens with zero attached hydrogens (tertiary/aromatic N) is 2. The third kappa shape index (κ3) is 1.31. The molecule has 2 aromatic heterocycles. The highest BCUT2D eigenvalue weighted by Crippen LogP contribution is 2.24. The molecule has 0 aliphatic rings. The molecule has 2 rings (SSSR count). The highest BCUT2D eigenvalue weighted by atomic mass is 32.1. The van der Waals surface area contributed by atoms with Gasteiger partial charge in [-0.3, -0.25) is 4.57 Å². The Kier molecular flexibility index (Phi) is 1.81. The summed E-state index contributed by atoms with van der Waals surface area (Å²) in [6.07, 6.45) is 0. The fraction of sp³-hybridized carbons (Fsp3) is 0.250. The Bertz CT molecular complexity index is 480. The number of aromatic nitrogens is 3. The summed E-state index contributed by atoms with van der Waals surface area (Å²) in [5.41, 5.74) is -0.180. The van der Waals surface area contributed by atoms with Gasteiger partial charge in [0, 0.05) is 11.9 Å². The molecule has 0 unspecified atom stereocenters. The molecule has 1 N–H and O–H groups in total. The average molecular weight is 195 g/mol. The molecule has 68 valence electrons. The number of thiophene rings is 1. The minimum Gasteiger partial charge on any atom is -0.278 e. The number of hydrogen-bond acceptors (Lipinski definition) is 3. The zero-order valence-corrected chi connectivity index (χ0v) is 8.18. The van der Waals surface area contributed by atoms with Gasteiger partial charge in [-0.1, -0.05) is 0 Å². The smallest absolute Gasteiger partial charge is 0.278 e. The van der Waals surface area contributed by atoms with Crippen molar-refractivity contribution in [2.75, 3.05) is 0 Å². The van der Waals surface area contributed by atoms with Crippen molar-refractivity contribution in [2.45, 2.75) is 6.92 Å². The summed E-state index contributed by atoms with van der Waals surface area (Å²) in [6, 6.07) is 3.98. The Balaban J connectivity index is 2.58. The van der Waals surface area contributed by atoms with E-state index in [1.807, 2.05) is 19.1 Å². The number of nitrogens with one attached hydrogen (secondary N) is 1. The van der Waals surface area contributed by atoms with E-state index in [0.717, 1.165) is 4.88 Å². The van der Waals surface area contributed by atoms with Gasteiger partial charge in [0.05, 0.1) is 4.88 Å². The van der Waals surface area contributed by atoms with Gasteiger partial charge in [0.25, 0.3) is 0 Å². The first kappa shape index (κ1) is 8.25. The molecule has 0 bridgehead atoms. The first-order chi connectivity index (χ1) is 6.18. The fourth-order valence-corrected chi connectivity index (χ4v) is 2.01. The molecule has 5 heteroatoms. The summed E-state index contributed by atoms with van der Waals surface area (Å²) in [7, 11) is 1.70. The molecule has 0 saturated heterocycles. The summed E-state index contributed by atoms with van der Waals surface area (Å²) in [5, 5.41) is 6.34. The molecule has 0 atom stereocenters. The van der Waals surface area contributed by atoms with Crippen LogP contribution in [0.25, 0.3) is 10.7 Å². The van der Waals surface area contributed by atoms with Crippen LogP contribution in [0.15, 0.2) is 16.9 Å². The lowest BCUT2D eigenvalue weighted by Crippen LogP contribution is -2.12. The third-order valence-electron chi connectivity index (χ3n) is 1.84. The standard InChI is InChI=1S/C8H9N3OS/c1-5-3-4-6(13-5)7-9-10-8(12)11(7)2/h3-4H,1-2H3,(H,10,12). The van der Waals surface area contributed by atoms with Gasteiger partial charge in [-0.05, 0) is 19.1 Å². The Labute approximate surface area is 78.8 Å². The van der Waals surface area contributed by atoms with Gasteiger partial charge in [-0.15, -0.1) is 11.3 Å². The van der Waals surface area contributed by atoms with Crippen molar-refractivity contribution in [3.8, 4) is 10.7 Å². The minimum atomic E-state index is -0.180. The molecule has 0 radical (unpaired) electrons. The fourth-order valence-electron chi connectivity index (χ4n) is 1.12. The van der Waals surface area contributed by atoms with Crippen LogP contribution in [0.5, 0.6) is 0 Å². The number of hydrogen-bond donors (Lipinski definition) is 1. The number of aromatic amines is 1. The van der Waals surface area contributed by atoms with Crippen molar-refractivity contribution >= 4 is 11.3 Å². The Morgan fingerprint density at radius 1 is 1.54 bits per heavy atom. The second kappa shape index (κ2) is 2.85. The predicted molar refractivity (Wildman–Crippen MR) is 51.9 cm³/mol. The zero-order valence-electron chi connectivity index (χ0n) is 7.37. The highest BCUT2D eigenvalue weighted by Gasteiger charge is 2.08. The molecule has 0 aliphatic carbocycles. The van der Waals surface area contributed by atoms with Crippen LogP contribution >= 0.6 is 11.3 Å². The number of rotatable bonds is 1. The molecule has 13 heavy (non-hydrogen) atoms. The van der Waals surface area contributed by atoms with E-state index in [2.05, 4.69) is 10.2 Å². The maximum atomic E-state index is 11.1. The molecule has 0 saturated carbocycles. The van der Waals surface area contributed by atoms with Crippen molar-refractivity contribution in [3.05, 3.63) is 27.5 Å². The summed E-state index contributed by atoms with van der Waals surface area (Å²) < 4.78 is 1.51. The van der Waals surface area contributed by atoms with Crippen LogP contribution in [0.2, 0.25) is 0 Å². The molecule has 0 amide bonds.